The Bertz CT molecular complexity index is 546. The number of ether oxygens (including phenoxy) is 1. The predicted octanol–water partition coefficient (Wildman–Crippen LogP) is 2.68. The highest BCUT2D eigenvalue weighted by atomic mass is 16.5. The zero-order chi connectivity index (χ0) is 13.1. The Balaban J connectivity index is 2.09. The monoisotopic (exact) mass is 245 g/mol. The lowest BCUT2D eigenvalue weighted by molar-refractivity contribution is 0.218. The molecular weight excluding hydrogens is 226 g/mol. The Hall–Kier alpha value is -1.97. The second-order valence-corrected chi connectivity index (χ2v) is 4.36. The first kappa shape index (κ1) is 12.5. The molecule has 0 bridgehead atoms. The van der Waals surface area contributed by atoms with Gasteiger partial charge in [0.15, 0.2) is 6.73 Å². The quantitative estimate of drug-likeness (QED) is 0.901. The highest BCUT2D eigenvalue weighted by Crippen LogP contribution is 2.17. The van der Waals surface area contributed by atoms with Crippen molar-refractivity contribution in [2.24, 2.45) is 0 Å². The number of nitrogens with two attached hydrogens (primary N) is 1. The molecule has 1 aromatic carbocycles. The summed E-state index contributed by atoms with van der Waals surface area (Å²) in [5, 5.41) is 4.33. The third-order valence-electron chi connectivity index (χ3n) is 3.10. The van der Waals surface area contributed by atoms with Gasteiger partial charge in [0.05, 0.1) is 17.1 Å². The van der Waals surface area contributed by atoms with E-state index in [2.05, 4.69) is 24.2 Å². The Morgan fingerprint density at radius 2 is 2.11 bits per heavy atom. The maximum atomic E-state index is 5.88. The van der Waals surface area contributed by atoms with Crippen molar-refractivity contribution in [3.05, 3.63) is 41.2 Å². The topological polar surface area (TPSA) is 53.1 Å². The van der Waals surface area contributed by atoms with E-state index in [1.807, 2.05) is 26.0 Å². The molecule has 0 fully saturated rings. The molecule has 0 unspecified atom stereocenters. The first-order valence-corrected chi connectivity index (χ1v) is 6.13. The molecule has 96 valence electrons. The van der Waals surface area contributed by atoms with Crippen LogP contribution in [-0.4, -0.2) is 9.78 Å². The molecule has 0 amide bonds. The third kappa shape index (κ3) is 2.47. The fraction of sp³-hybridized carbons (Fsp3) is 0.357. The Morgan fingerprint density at radius 1 is 1.33 bits per heavy atom. The number of aromatic nitrogens is 2. The van der Waals surface area contributed by atoms with E-state index in [1.54, 1.807) is 4.68 Å². The van der Waals surface area contributed by atoms with Gasteiger partial charge in [0.25, 0.3) is 0 Å². The maximum absolute atomic E-state index is 5.88. The number of hydrogen-bond donors (Lipinski definition) is 1. The molecule has 0 radical (unpaired) electrons. The fourth-order valence-electron chi connectivity index (χ4n) is 1.83. The predicted molar refractivity (Wildman–Crippen MR) is 72.6 cm³/mol. The average molecular weight is 245 g/mol. The van der Waals surface area contributed by atoms with E-state index < -0.39 is 0 Å². The summed E-state index contributed by atoms with van der Waals surface area (Å²) in [5.74, 6) is 0.862. The Labute approximate surface area is 107 Å². The normalized spacial score (nSPS) is 10.6. The van der Waals surface area contributed by atoms with Gasteiger partial charge in [0.2, 0.25) is 0 Å². The van der Waals surface area contributed by atoms with E-state index in [1.165, 1.54) is 5.56 Å². The van der Waals surface area contributed by atoms with Gasteiger partial charge in [-0.3, -0.25) is 0 Å². The molecule has 4 heteroatoms. The fourth-order valence-corrected chi connectivity index (χ4v) is 1.83. The Morgan fingerprint density at radius 3 is 2.72 bits per heavy atom. The van der Waals surface area contributed by atoms with Crippen molar-refractivity contribution >= 4 is 5.69 Å². The van der Waals surface area contributed by atoms with E-state index in [0.717, 1.165) is 29.2 Å². The van der Waals surface area contributed by atoms with Crippen molar-refractivity contribution in [1.29, 1.82) is 0 Å². The van der Waals surface area contributed by atoms with Gasteiger partial charge in [-0.2, -0.15) is 5.10 Å². The molecule has 0 aliphatic carbocycles. The van der Waals surface area contributed by atoms with Crippen molar-refractivity contribution < 1.29 is 4.74 Å². The van der Waals surface area contributed by atoms with Crippen molar-refractivity contribution in [2.45, 2.75) is 33.9 Å². The van der Waals surface area contributed by atoms with Gasteiger partial charge in [-0.05, 0) is 38.0 Å². The van der Waals surface area contributed by atoms with Gasteiger partial charge in [0.1, 0.15) is 5.75 Å². The number of hydrogen-bond acceptors (Lipinski definition) is 3. The maximum Gasteiger partial charge on any atom is 0.181 e. The molecule has 2 aromatic rings. The van der Waals surface area contributed by atoms with Gasteiger partial charge in [-0.25, -0.2) is 4.68 Å². The van der Waals surface area contributed by atoms with Crippen molar-refractivity contribution in [1.82, 2.24) is 9.78 Å². The summed E-state index contributed by atoms with van der Waals surface area (Å²) in [6, 6.07) is 8.10. The summed E-state index contributed by atoms with van der Waals surface area (Å²) in [5.41, 5.74) is 9.67. The van der Waals surface area contributed by atoms with Crippen molar-refractivity contribution in [2.75, 3.05) is 5.73 Å². The Kier molecular flexibility index (Phi) is 3.55. The highest BCUT2D eigenvalue weighted by molar-refractivity contribution is 5.46. The van der Waals surface area contributed by atoms with Crippen LogP contribution < -0.4 is 10.5 Å². The van der Waals surface area contributed by atoms with Crippen LogP contribution in [0.3, 0.4) is 0 Å². The zero-order valence-electron chi connectivity index (χ0n) is 11.1. The number of nitrogens with zero attached hydrogens (tertiary/aromatic N) is 2. The standard InChI is InChI=1S/C14H19N3O/c1-4-12-6-5-7-13(8-12)18-9-17-11(3)14(15)10(2)16-17/h5-8H,4,9,15H2,1-3H3. The lowest BCUT2D eigenvalue weighted by Gasteiger charge is -2.08. The molecule has 0 saturated heterocycles. The molecule has 0 aliphatic heterocycles. The molecule has 4 nitrogen and oxygen atoms in total. The lowest BCUT2D eigenvalue weighted by atomic mass is 10.2. The van der Waals surface area contributed by atoms with Crippen LogP contribution in [0.1, 0.15) is 23.9 Å². The van der Waals surface area contributed by atoms with Crippen molar-refractivity contribution in [3.8, 4) is 5.75 Å². The number of aryl methyl sites for hydroxylation is 2. The second-order valence-electron chi connectivity index (χ2n) is 4.36. The summed E-state index contributed by atoms with van der Waals surface area (Å²) < 4.78 is 7.51. The molecule has 1 heterocycles. The molecule has 0 spiro atoms. The molecule has 0 atom stereocenters. The molecule has 0 saturated carbocycles. The van der Waals surface area contributed by atoms with E-state index in [0.29, 0.717) is 6.73 Å². The second kappa shape index (κ2) is 5.12. The minimum absolute atomic E-state index is 0.386. The summed E-state index contributed by atoms with van der Waals surface area (Å²) in [7, 11) is 0. The molecule has 0 aliphatic rings. The molecule has 2 rings (SSSR count). The van der Waals surface area contributed by atoms with E-state index >= 15 is 0 Å². The summed E-state index contributed by atoms with van der Waals surface area (Å²) in [6.07, 6.45) is 1.00. The lowest BCUT2D eigenvalue weighted by Crippen LogP contribution is -2.09. The summed E-state index contributed by atoms with van der Waals surface area (Å²) in [6.45, 7) is 6.36. The molecule has 2 N–H and O–H groups in total. The first-order chi connectivity index (χ1) is 8.61. The zero-order valence-corrected chi connectivity index (χ0v) is 11.1. The summed E-state index contributed by atoms with van der Waals surface area (Å²) >= 11 is 0. The molecule has 1 aromatic heterocycles. The van der Waals surface area contributed by atoms with Gasteiger partial charge >= 0.3 is 0 Å². The third-order valence-corrected chi connectivity index (χ3v) is 3.10. The van der Waals surface area contributed by atoms with Gasteiger partial charge < -0.3 is 10.5 Å². The number of benzene rings is 1. The van der Waals surface area contributed by atoms with Crippen molar-refractivity contribution in [3.63, 3.8) is 0 Å². The number of anilines is 1. The van der Waals surface area contributed by atoms with E-state index in [9.17, 15) is 0 Å². The average Bonchev–Trinajstić information content (AvgIpc) is 2.64. The van der Waals surface area contributed by atoms with Gasteiger partial charge in [-0.15, -0.1) is 0 Å². The van der Waals surface area contributed by atoms with Crippen LogP contribution in [0.2, 0.25) is 0 Å². The van der Waals surface area contributed by atoms with Crippen LogP contribution in [0.4, 0.5) is 5.69 Å². The minimum Gasteiger partial charge on any atom is -0.471 e. The number of rotatable bonds is 4. The van der Waals surface area contributed by atoms with Gasteiger partial charge in [-0.1, -0.05) is 19.1 Å². The van der Waals surface area contributed by atoms with Crippen LogP contribution in [0.15, 0.2) is 24.3 Å². The van der Waals surface area contributed by atoms with E-state index in [4.69, 9.17) is 10.5 Å². The number of nitrogen functional groups attached to an aromatic ring is 1. The molecule has 18 heavy (non-hydrogen) atoms. The van der Waals surface area contributed by atoms with Crippen LogP contribution in [0.25, 0.3) is 0 Å². The van der Waals surface area contributed by atoms with Crippen LogP contribution in [0.5, 0.6) is 5.75 Å². The van der Waals surface area contributed by atoms with Crippen LogP contribution in [0, 0.1) is 13.8 Å². The summed E-state index contributed by atoms with van der Waals surface area (Å²) in [4.78, 5) is 0. The van der Waals surface area contributed by atoms with E-state index in [-0.39, 0.29) is 0 Å². The van der Waals surface area contributed by atoms with Crippen LogP contribution >= 0.6 is 0 Å². The SMILES string of the molecule is CCc1cccc(OCn2nc(C)c(N)c2C)c1. The first-order valence-electron chi connectivity index (χ1n) is 6.13. The van der Waals surface area contributed by atoms with Gasteiger partial charge in [0, 0.05) is 0 Å². The minimum atomic E-state index is 0.386. The molecular formula is C14H19N3O. The largest absolute Gasteiger partial charge is 0.471 e. The highest BCUT2D eigenvalue weighted by Gasteiger charge is 2.08. The smallest absolute Gasteiger partial charge is 0.181 e. The van der Waals surface area contributed by atoms with Crippen LogP contribution in [-0.2, 0) is 13.2 Å².